The molecule has 1 amide bonds. The number of aromatic amines is 1. The third-order valence-electron chi connectivity index (χ3n) is 7.47. The molecule has 6 rings (SSSR count). The van der Waals surface area contributed by atoms with Crippen molar-refractivity contribution in [3.05, 3.63) is 102 Å². The van der Waals surface area contributed by atoms with Crippen molar-refractivity contribution in [3.8, 4) is 39.8 Å². The molecule has 0 aliphatic heterocycles. The minimum atomic E-state index is -3.69. The van der Waals surface area contributed by atoms with Crippen LogP contribution in [-0.4, -0.2) is 39.7 Å². The molecule has 6 aromatic rings. The van der Waals surface area contributed by atoms with Gasteiger partial charge in [0.2, 0.25) is 10.0 Å². The van der Waals surface area contributed by atoms with Crippen molar-refractivity contribution in [3.63, 3.8) is 0 Å². The highest BCUT2D eigenvalue weighted by Crippen LogP contribution is 2.42. The summed E-state index contributed by atoms with van der Waals surface area (Å²) in [7, 11) is -0.733. The van der Waals surface area contributed by atoms with E-state index in [4.69, 9.17) is 4.42 Å². The van der Waals surface area contributed by atoms with Gasteiger partial charge in [-0.1, -0.05) is 24.3 Å². The van der Waals surface area contributed by atoms with E-state index in [0.29, 0.717) is 38.9 Å². The summed E-state index contributed by atoms with van der Waals surface area (Å²) in [6.45, 7) is 0. The molecule has 0 radical (unpaired) electrons. The largest absolute Gasteiger partial charge is 0.455 e. The topological polar surface area (TPSA) is 119 Å². The summed E-state index contributed by atoms with van der Waals surface area (Å²) >= 11 is 0. The summed E-state index contributed by atoms with van der Waals surface area (Å²) in [4.78, 5) is 16.5. The van der Waals surface area contributed by atoms with E-state index in [1.54, 1.807) is 18.2 Å². The predicted octanol–water partition coefficient (Wildman–Crippen LogP) is 6.68. The lowest BCUT2D eigenvalue weighted by Gasteiger charge is -2.21. The molecule has 0 spiro atoms. The maximum Gasteiger partial charge on any atom is 0.255 e. The van der Waals surface area contributed by atoms with Gasteiger partial charge in [-0.3, -0.25) is 9.10 Å². The highest BCUT2D eigenvalue weighted by Gasteiger charge is 2.26. The number of sulfonamides is 1. The SMILES string of the molecule is CNC(=O)c1c(-c2ccc(F)cc2)oc2cc(N(C)S(C)(=O)=O)c(-c3cccc(-c4cc5c(C#N)cccc5[nH]4)c3)cc12. The second-order valence-electron chi connectivity index (χ2n) is 10.1. The van der Waals surface area contributed by atoms with Crippen molar-refractivity contribution in [2.45, 2.75) is 0 Å². The van der Waals surface area contributed by atoms with E-state index in [1.165, 1.54) is 38.4 Å². The first-order valence-electron chi connectivity index (χ1n) is 13.2. The number of nitriles is 1. The van der Waals surface area contributed by atoms with Gasteiger partial charge in [0.05, 0.1) is 29.1 Å². The molecule has 0 atom stereocenters. The van der Waals surface area contributed by atoms with E-state index in [0.717, 1.165) is 32.7 Å². The minimum absolute atomic E-state index is 0.236. The number of amides is 1. The van der Waals surface area contributed by atoms with Crippen LogP contribution in [0.2, 0.25) is 0 Å². The molecule has 0 saturated heterocycles. The zero-order valence-electron chi connectivity index (χ0n) is 23.4. The van der Waals surface area contributed by atoms with E-state index in [2.05, 4.69) is 16.4 Å². The number of anilines is 1. The number of halogens is 1. The monoisotopic (exact) mass is 592 g/mol. The number of fused-ring (bicyclic) bond motifs is 2. The molecule has 10 heteroatoms. The van der Waals surface area contributed by atoms with Crippen molar-refractivity contribution >= 4 is 43.5 Å². The van der Waals surface area contributed by atoms with Crippen LogP contribution in [0, 0.1) is 17.1 Å². The number of carbonyl (C=O) groups excluding carboxylic acids is 1. The van der Waals surface area contributed by atoms with Gasteiger partial charge in [-0.2, -0.15) is 5.26 Å². The molecule has 0 unspecified atom stereocenters. The number of hydrogen-bond acceptors (Lipinski definition) is 5. The van der Waals surface area contributed by atoms with Crippen LogP contribution >= 0.6 is 0 Å². The number of hydrogen-bond donors (Lipinski definition) is 2. The number of carbonyl (C=O) groups is 1. The van der Waals surface area contributed by atoms with Gasteiger partial charge in [0.1, 0.15) is 17.2 Å². The summed E-state index contributed by atoms with van der Waals surface area (Å²) in [6, 6.07) is 26.1. The molecule has 8 nitrogen and oxygen atoms in total. The summed E-state index contributed by atoms with van der Waals surface area (Å²) in [6.07, 6.45) is 1.11. The van der Waals surface area contributed by atoms with Gasteiger partial charge in [-0.05, 0) is 65.7 Å². The molecule has 0 aliphatic rings. The number of furan rings is 1. The third kappa shape index (κ3) is 4.90. The standard InChI is InChI=1S/C33H25FN4O4S/c1-36-33(39)31-26-15-25(20-6-4-7-21(14-20)28-16-24-22(18-35)8-5-9-27(24)37-28)29(38(2)43(3,40)41)17-30(26)42-32(31)19-10-12-23(34)13-11-19/h4-17,37H,1-3H3,(H,36,39). The number of rotatable bonds is 6. The molecule has 0 fully saturated rings. The number of benzene rings is 4. The minimum Gasteiger partial charge on any atom is -0.455 e. The van der Waals surface area contributed by atoms with Gasteiger partial charge in [-0.25, -0.2) is 12.8 Å². The Morgan fingerprint density at radius 1 is 0.953 bits per heavy atom. The van der Waals surface area contributed by atoms with E-state index in [9.17, 15) is 22.9 Å². The van der Waals surface area contributed by atoms with Crippen molar-refractivity contribution in [1.82, 2.24) is 10.3 Å². The van der Waals surface area contributed by atoms with Crippen molar-refractivity contribution in [1.29, 1.82) is 5.26 Å². The molecule has 2 aromatic heterocycles. The highest BCUT2D eigenvalue weighted by atomic mass is 32.2. The fourth-order valence-electron chi connectivity index (χ4n) is 5.22. The normalized spacial score (nSPS) is 11.5. The van der Waals surface area contributed by atoms with Crippen molar-refractivity contribution < 1.29 is 22.0 Å². The zero-order valence-corrected chi connectivity index (χ0v) is 24.2. The van der Waals surface area contributed by atoms with Crippen LogP contribution in [0.1, 0.15) is 15.9 Å². The molecule has 0 bridgehead atoms. The quantitative estimate of drug-likeness (QED) is 0.224. The Morgan fingerprint density at radius 3 is 2.37 bits per heavy atom. The number of nitrogens with zero attached hydrogens (tertiary/aromatic N) is 2. The Labute approximate surface area is 247 Å². The maximum absolute atomic E-state index is 13.7. The van der Waals surface area contributed by atoms with E-state index >= 15 is 0 Å². The van der Waals surface area contributed by atoms with Crippen LogP contribution in [0.4, 0.5) is 10.1 Å². The number of nitrogens with one attached hydrogen (secondary N) is 2. The average Bonchev–Trinajstić information content (AvgIpc) is 3.61. The van der Waals surface area contributed by atoms with Crippen molar-refractivity contribution in [2.24, 2.45) is 0 Å². The van der Waals surface area contributed by atoms with Crippen LogP contribution in [0.3, 0.4) is 0 Å². The second-order valence-corrected chi connectivity index (χ2v) is 12.1. The fraction of sp³-hybridized carbons (Fsp3) is 0.0909. The van der Waals surface area contributed by atoms with E-state index in [1.807, 2.05) is 42.5 Å². The maximum atomic E-state index is 13.7. The Kier molecular flexibility index (Phi) is 6.75. The van der Waals surface area contributed by atoms with Gasteiger partial charge in [0.15, 0.2) is 0 Å². The Hall–Kier alpha value is -5.40. The lowest BCUT2D eigenvalue weighted by atomic mass is 9.96. The Bertz CT molecular complexity index is 2210. The van der Waals surface area contributed by atoms with Crippen LogP contribution in [0.5, 0.6) is 0 Å². The number of aromatic nitrogens is 1. The van der Waals surface area contributed by atoms with Crippen LogP contribution in [0.15, 0.2) is 89.3 Å². The predicted molar refractivity (Wildman–Crippen MR) is 166 cm³/mol. The first-order chi connectivity index (χ1) is 20.6. The molecular formula is C33H25FN4O4S. The summed E-state index contributed by atoms with van der Waals surface area (Å²) in [5.41, 5.74) is 5.59. The summed E-state index contributed by atoms with van der Waals surface area (Å²) in [5, 5.41) is 13.5. The Balaban J connectivity index is 1.60. The number of H-pyrrole nitrogens is 1. The smallest absolute Gasteiger partial charge is 0.255 e. The van der Waals surface area contributed by atoms with Crippen molar-refractivity contribution in [2.75, 3.05) is 24.7 Å². The summed E-state index contributed by atoms with van der Waals surface area (Å²) < 4.78 is 46.5. The molecule has 214 valence electrons. The Morgan fingerprint density at radius 2 is 1.67 bits per heavy atom. The first-order valence-corrected chi connectivity index (χ1v) is 15.1. The fourth-order valence-corrected chi connectivity index (χ4v) is 5.73. The van der Waals surface area contributed by atoms with Gasteiger partial charge in [0, 0.05) is 53.3 Å². The van der Waals surface area contributed by atoms with Crippen LogP contribution in [-0.2, 0) is 10.0 Å². The van der Waals surface area contributed by atoms with Gasteiger partial charge in [-0.15, -0.1) is 0 Å². The third-order valence-corrected chi connectivity index (χ3v) is 8.66. The van der Waals surface area contributed by atoms with Crippen LogP contribution < -0.4 is 9.62 Å². The molecule has 4 aromatic carbocycles. The van der Waals surface area contributed by atoms with E-state index < -0.39 is 21.7 Å². The highest BCUT2D eigenvalue weighted by molar-refractivity contribution is 7.92. The molecule has 0 saturated carbocycles. The van der Waals surface area contributed by atoms with Crippen LogP contribution in [0.25, 0.3) is 55.6 Å². The molecule has 2 heterocycles. The van der Waals surface area contributed by atoms with Gasteiger partial charge >= 0.3 is 0 Å². The molecule has 2 N–H and O–H groups in total. The molecular weight excluding hydrogens is 567 g/mol. The lowest BCUT2D eigenvalue weighted by Crippen LogP contribution is -2.25. The summed E-state index contributed by atoms with van der Waals surface area (Å²) in [5.74, 6) is -0.604. The zero-order chi connectivity index (χ0) is 30.5. The van der Waals surface area contributed by atoms with E-state index in [-0.39, 0.29) is 11.3 Å². The second kappa shape index (κ2) is 10.5. The van der Waals surface area contributed by atoms with Gasteiger partial charge in [0.25, 0.3) is 5.91 Å². The first kappa shape index (κ1) is 27.8. The average molecular weight is 593 g/mol. The van der Waals surface area contributed by atoms with Gasteiger partial charge < -0.3 is 14.7 Å². The molecule has 43 heavy (non-hydrogen) atoms. The lowest BCUT2D eigenvalue weighted by molar-refractivity contribution is 0.0964. The molecule has 0 aliphatic carbocycles.